The highest BCUT2D eigenvalue weighted by atomic mass is 16.5. The predicted molar refractivity (Wildman–Crippen MR) is 85.8 cm³/mol. The summed E-state index contributed by atoms with van der Waals surface area (Å²) in [5, 5.41) is 5.15. The molecule has 0 radical (unpaired) electrons. The maximum absolute atomic E-state index is 11.8. The summed E-state index contributed by atoms with van der Waals surface area (Å²) in [6.45, 7) is 0.592. The smallest absolute Gasteiger partial charge is 0.309 e. The van der Waals surface area contributed by atoms with Gasteiger partial charge in [0, 0.05) is 37.0 Å². The number of carbonyl (C=O) groups is 2. The second-order valence-corrected chi connectivity index (χ2v) is 4.82. The molecule has 0 bridgehead atoms. The number of benzene rings is 1. The molecule has 0 atom stereocenters. The van der Waals surface area contributed by atoms with Gasteiger partial charge >= 0.3 is 11.8 Å². The highest BCUT2D eigenvalue weighted by Gasteiger charge is 2.13. The second kappa shape index (κ2) is 8.53. The fraction of sp³-hybridized carbons (Fsp3) is 0.235. The molecule has 2 amide bonds. The van der Waals surface area contributed by atoms with Crippen LogP contribution in [0.15, 0.2) is 48.7 Å². The maximum Gasteiger partial charge on any atom is 0.309 e. The first-order valence-corrected chi connectivity index (χ1v) is 7.28. The van der Waals surface area contributed by atoms with Crippen LogP contribution in [-0.2, 0) is 22.6 Å². The average Bonchev–Trinajstić information content (AvgIpc) is 2.60. The van der Waals surface area contributed by atoms with Crippen molar-refractivity contribution in [3.8, 4) is 5.75 Å². The molecule has 2 rings (SSSR count). The van der Waals surface area contributed by atoms with Gasteiger partial charge in [-0.05, 0) is 18.2 Å². The van der Waals surface area contributed by atoms with Gasteiger partial charge in [-0.15, -0.1) is 0 Å². The van der Waals surface area contributed by atoms with Crippen molar-refractivity contribution < 1.29 is 14.3 Å². The van der Waals surface area contributed by atoms with Crippen molar-refractivity contribution in [2.24, 2.45) is 0 Å². The normalized spacial score (nSPS) is 9.96. The van der Waals surface area contributed by atoms with E-state index in [0.29, 0.717) is 18.7 Å². The molecule has 120 valence electrons. The Morgan fingerprint density at radius 2 is 1.78 bits per heavy atom. The highest BCUT2D eigenvalue weighted by molar-refractivity contribution is 6.35. The third-order valence-electron chi connectivity index (χ3n) is 3.23. The first-order chi connectivity index (χ1) is 11.2. The van der Waals surface area contributed by atoms with Crippen LogP contribution in [-0.4, -0.2) is 30.5 Å². The minimum Gasteiger partial charge on any atom is -0.496 e. The van der Waals surface area contributed by atoms with Crippen molar-refractivity contribution in [1.82, 2.24) is 15.6 Å². The van der Waals surface area contributed by atoms with Crippen molar-refractivity contribution >= 4 is 11.8 Å². The summed E-state index contributed by atoms with van der Waals surface area (Å²) >= 11 is 0. The topological polar surface area (TPSA) is 80.3 Å². The third kappa shape index (κ3) is 5.10. The molecule has 0 aliphatic rings. The molecule has 1 heterocycles. The van der Waals surface area contributed by atoms with Crippen LogP contribution in [0, 0.1) is 0 Å². The van der Waals surface area contributed by atoms with Crippen molar-refractivity contribution in [3.05, 3.63) is 59.9 Å². The zero-order valence-corrected chi connectivity index (χ0v) is 12.9. The first-order valence-electron chi connectivity index (χ1n) is 7.28. The van der Waals surface area contributed by atoms with E-state index in [2.05, 4.69) is 15.6 Å². The van der Waals surface area contributed by atoms with E-state index in [1.54, 1.807) is 19.4 Å². The minimum atomic E-state index is -0.670. The van der Waals surface area contributed by atoms with E-state index in [4.69, 9.17) is 4.74 Å². The number of ether oxygens (including phenoxy) is 1. The summed E-state index contributed by atoms with van der Waals surface area (Å²) in [6, 6.07) is 12.9. The van der Waals surface area contributed by atoms with Gasteiger partial charge in [0.25, 0.3) is 0 Å². The molecule has 0 aliphatic heterocycles. The second-order valence-electron chi connectivity index (χ2n) is 4.82. The number of rotatable bonds is 6. The molecule has 2 N–H and O–H groups in total. The molecule has 2 aromatic rings. The molecule has 6 heteroatoms. The van der Waals surface area contributed by atoms with E-state index in [0.717, 1.165) is 11.3 Å². The van der Waals surface area contributed by atoms with Gasteiger partial charge in [-0.25, -0.2) is 0 Å². The van der Waals surface area contributed by atoms with Crippen LogP contribution in [0.1, 0.15) is 11.3 Å². The zero-order chi connectivity index (χ0) is 16.5. The van der Waals surface area contributed by atoms with Crippen LogP contribution >= 0.6 is 0 Å². The molecular formula is C17H19N3O3. The van der Waals surface area contributed by atoms with E-state index in [1.807, 2.05) is 36.4 Å². The van der Waals surface area contributed by atoms with E-state index in [-0.39, 0.29) is 6.54 Å². The number of nitrogens with one attached hydrogen (secondary N) is 2. The van der Waals surface area contributed by atoms with Gasteiger partial charge in [0.1, 0.15) is 5.75 Å². The lowest BCUT2D eigenvalue weighted by Crippen LogP contribution is -2.40. The molecule has 0 saturated heterocycles. The number of pyridine rings is 1. The Labute approximate surface area is 134 Å². The molecule has 0 saturated carbocycles. The predicted octanol–water partition coefficient (Wildman–Crippen LogP) is 1.07. The fourth-order valence-corrected chi connectivity index (χ4v) is 2.04. The van der Waals surface area contributed by atoms with E-state index in [1.165, 1.54) is 0 Å². The largest absolute Gasteiger partial charge is 0.496 e. The zero-order valence-electron chi connectivity index (χ0n) is 12.9. The average molecular weight is 313 g/mol. The number of methoxy groups -OCH3 is 1. The Hall–Kier alpha value is -2.89. The Balaban J connectivity index is 1.75. The maximum atomic E-state index is 11.8. The molecule has 0 unspecified atom stereocenters. The number of aromatic nitrogens is 1. The lowest BCUT2D eigenvalue weighted by molar-refractivity contribution is -0.139. The van der Waals surface area contributed by atoms with Crippen LogP contribution in [0.2, 0.25) is 0 Å². The molecule has 6 nitrogen and oxygen atoms in total. The van der Waals surface area contributed by atoms with Crippen molar-refractivity contribution in [1.29, 1.82) is 0 Å². The molecule has 23 heavy (non-hydrogen) atoms. The van der Waals surface area contributed by atoms with Crippen molar-refractivity contribution in [3.63, 3.8) is 0 Å². The lowest BCUT2D eigenvalue weighted by Gasteiger charge is -2.09. The summed E-state index contributed by atoms with van der Waals surface area (Å²) in [5.41, 5.74) is 1.67. The number of carbonyl (C=O) groups excluding carboxylic acids is 2. The summed E-state index contributed by atoms with van der Waals surface area (Å²) in [5.74, 6) is -0.656. The summed E-state index contributed by atoms with van der Waals surface area (Å²) in [4.78, 5) is 27.7. The molecular weight excluding hydrogens is 294 g/mol. The van der Waals surface area contributed by atoms with Gasteiger partial charge < -0.3 is 15.4 Å². The van der Waals surface area contributed by atoms with Crippen molar-refractivity contribution in [2.75, 3.05) is 13.7 Å². The molecule has 1 aromatic carbocycles. The van der Waals surface area contributed by atoms with Gasteiger partial charge in [-0.1, -0.05) is 24.3 Å². The van der Waals surface area contributed by atoms with Crippen LogP contribution < -0.4 is 15.4 Å². The van der Waals surface area contributed by atoms with Gasteiger partial charge in [0.05, 0.1) is 7.11 Å². The number of amides is 2. The first kappa shape index (κ1) is 16.5. The van der Waals surface area contributed by atoms with E-state index < -0.39 is 11.8 Å². The van der Waals surface area contributed by atoms with Gasteiger partial charge in [-0.3, -0.25) is 14.6 Å². The Bertz CT molecular complexity index is 659. The van der Waals surface area contributed by atoms with Gasteiger partial charge in [-0.2, -0.15) is 0 Å². The van der Waals surface area contributed by atoms with Crippen LogP contribution in [0.4, 0.5) is 0 Å². The third-order valence-corrected chi connectivity index (χ3v) is 3.23. The molecule has 0 fully saturated rings. The van der Waals surface area contributed by atoms with E-state index >= 15 is 0 Å². The van der Waals surface area contributed by atoms with Crippen LogP contribution in [0.3, 0.4) is 0 Å². The van der Waals surface area contributed by atoms with Gasteiger partial charge in [0.15, 0.2) is 0 Å². The Morgan fingerprint density at radius 3 is 2.52 bits per heavy atom. The lowest BCUT2D eigenvalue weighted by atomic mass is 10.2. The van der Waals surface area contributed by atoms with Crippen LogP contribution in [0.5, 0.6) is 5.75 Å². The van der Waals surface area contributed by atoms with Gasteiger partial charge in [0.2, 0.25) is 0 Å². The minimum absolute atomic E-state index is 0.233. The van der Waals surface area contributed by atoms with E-state index in [9.17, 15) is 9.59 Å². The Morgan fingerprint density at radius 1 is 1.04 bits per heavy atom. The summed E-state index contributed by atoms with van der Waals surface area (Å²) in [7, 11) is 1.56. The number of nitrogens with zero attached hydrogens (tertiary/aromatic N) is 1. The standard InChI is InChI=1S/C17H19N3O3/c1-23-15-8-3-2-6-13(15)12-20-17(22)16(21)19-11-9-14-7-4-5-10-18-14/h2-8,10H,9,11-12H2,1H3,(H,19,21)(H,20,22). The molecule has 0 spiro atoms. The Kier molecular flexibility index (Phi) is 6.11. The summed E-state index contributed by atoms with van der Waals surface area (Å²) < 4.78 is 5.19. The summed E-state index contributed by atoms with van der Waals surface area (Å²) in [6.07, 6.45) is 2.27. The number of hydrogen-bond acceptors (Lipinski definition) is 4. The number of para-hydroxylation sites is 1. The van der Waals surface area contributed by atoms with Crippen LogP contribution in [0.25, 0.3) is 0 Å². The SMILES string of the molecule is COc1ccccc1CNC(=O)C(=O)NCCc1ccccn1. The molecule has 0 aliphatic carbocycles. The highest BCUT2D eigenvalue weighted by Crippen LogP contribution is 2.16. The quantitative estimate of drug-likeness (QED) is 0.782. The monoisotopic (exact) mass is 313 g/mol. The van der Waals surface area contributed by atoms with Crippen molar-refractivity contribution in [2.45, 2.75) is 13.0 Å². The molecule has 1 aromatic heterocycles. The fourth-order valence-electron chi connectivity index (χ4n) is 2.04. The number of hydrogen-bond donors (Lipinski definition) is 2.